The van der Waals surface area contributed by atoms with Crippen LogP contribution >= 0.6 is 0 Å². The topological polar surface area (TPSA) is 121 Å². The molecule has 210 valence electrons. The first-order chi connectivity index (χ1) is 18.6. The lowest BCUT2D eigenvalue weighted by Crippen LogP contribution is -2.30. The number of aromatic amines is 1. The Morgan fingerprint density at radius 3 is 2.08 bits per heavy atom. The summed E-state index contributed by atoms with van der Waals surface area (Å²) in [4.78, 5) is 7.24. The second-order valence-electron chi connectivity index (χ2n) is 8.14. The molecule has 4 rings (SSSR count). The second kappa shape index (κ2) is 10.4. The zero-order valence-corrected chi connectivity index (χ0v) is 21.4. The average molecular weight is 603 g/mol. The highest BCUT2D eigenvalue weighted by Gasteiger charge is 2.46. The minimum Gasteiger partial charge on any atom is -0.331 e. The molecule has 4 aromatic rings. The number of nitrogens with one attached hydrogen (secondary N) is 3. The summed E-state index contributed by atoms with van der Waals surface area (Å²) in [5, 5.41) is 0. The Bertz CT molecular complexity index is 1840. The monoisotopic (exact) mass is 602 g/mol. The fraction of sp³-hybridized carbons (Fsp3) is 0.125. The van der Waals surface area contributed by atoms with Gasteiger partial charge in [0, 0.05) is 17.7 Å². The molecule has 16 heteroatoms. The number of H-pyrrole nitrogens is 1. The molecule has 40 heavy (non-hydrogen) atoms. The lowest BCUT2D eigenvalue weighted by Gasteiger charge is -2.14. The zero-order valence-electron chi connectivity index (χ0n) is 19.7. The van der Waals surface area contributed by atoms with Gasteiger partial charge in [-0.1, -0.05) is 42.3 Å². The number of hydrogen-bond donors (Lipinski definition) is 3. The van der Waals surface area contributed by atoms with Gasteiger partial charge in [-0.2, -0.15) is 43.2 Å². The molecule has 0 saturated heterocycles. The predicted molar refractivity (Wildman–Crippen MR) is 136 cm³/mol. The van der Waals surface area contributed by atoms with Crippen LogP contribution in [-0.4, -0.2) is 37.8 Å². The highest BCUT2D eigenvalue weighted by atomic mass is 32.2. The Labute approximate surface area is 223 Å². The number of fused-ring (bicyclic) bond motifs is 1. The maximum atomic E-state index is 12.9. The molecular formula is C24H16F6N4O4S2. The Morgan fingerprint density at radius 2 is 1.43 bits per heavy atom. The van der Waals surface area contributed by atoms with Crippen molar-refractivity contribution in [3.63, 3.8) is 0 Å². The molecule has 3 N–H and O–H groups in total. The number of halogens is 6. The first-order valence-corrected chi connectivity index (χ1v) is 13.9. The van der Waals surface area contributed by atoms with Crippen molar-refractivity contribution in [3.05, 3.63) is 78.1 Å². The first kappa shape index (κ1) is 28.8. The van der Waals surface area contributed by atoms with E-state index in [1.54, 1.807) is 22.9 Å². The number of alkyl halides is 6. The van der Waals surface area contributed by atoms with Crippen LogP contribution in [-0.2, 0) is 26.5 Å². The summed E-state index contributed by atoms with van der Waals surface area (Å²) < 4.78 is 125. The van der Waals surface area contributed by atoms with Crippen LogP contribution in [0.5, 0.6) is 0 Å². The predicted octanol–water partition coefficient (Wildman–Crippen LogP) is 5.35. The molecule has 0 spiro atoms. The normalized spacial score (nSPS) is 12.6. The van der Waals surface area contributed by atoms with E-state index in [1.165, 1.54) is 41.1 Å². The number of aromatic nitrogens is 2. The fourth-order valence-corrected chi connectivity index (χ4v) is 4.54. The molecule has 0 fully saturated rings. The molecule has 8 nitrogen and oxygen atoms in total. The largest absolute Gasteiger partial charge is 0.516 e. The molecular weight excluding hydrogens is 586 g/mol. The van der Waals surface area contributed by atoms with Crippen LogP contribution in [0.3, 0.4) is 0 Å². The molecule has 0 aliphatic carbocycles. The summed E-state index contributed by atoms with van der Waals surface area (Å²) >= 11 is 0. The molecule has 0 amide bonds. The van der Waals surface area contributed by atoms with Gasteiger partial charge in [-0.25, -0.2) is 4.98 Å². The van der Waals surface area contributed by atoms with Crippen LogP contribution in [0.1, 0.15) is 11.4 Å². The molecule has 0 atom stereocenters. The Hall–Kier alpha value is -4.23. The quantitative estimate of drug-likeness (QED) is 0.203. The summed E-state index contributed by atoms with van der Waals surface area (Å²) in [5.41, 5.74) is -9.35. The smallest absolute Gasteiger partial charge is 0.331 e. The van der Waals surface area contributed by atoms with Gasteiger partial charge < -0.3 is 4.98 Å². The van der Waals surface area contributed by atoms with Gasteiger partial charge in [0.15, 0.2) is 5.82 Å². The molecule has 0 aliphatic rings. The van der Waals surface area contributed by atoms with Gasteiger partial charge in [0.25, 0.3) is 0 Å². The van der Waals surface area contributed by atoms with E-state index in [1.807, 2.05) is 0 Å². The lowest BCUT2D eigenvalue weighted by molar-refractivity contribution is -0.0435. The minimum absolute atomic E-state index is 0.154. The second-order valence-corrected chi connectivity index (χ2v) is 11.5. The zero-order chi connectivity index (χ0) is 29.3. The van der Waals surface area contributed by atoms with Crippen molar-refractivity contribution in [2.24, 2.45) is 0 Å². The summed E-state index contributed by atoms with van der Waals surface area (Å²) in [6.07, 6.45) is 0.154. The number of para-hydroxylation sites is 1. The van der Waals surface area contributed by atoms with Crippen molar-refractivity contribution in [1.82, 2.24) is 9.97 Å². The van der Waals surface area contributed by atoms with Gasteiger partial charge in [-0.05, 0) is 47.4 Å². The van der Waals surface area contributed by atoms with Crippen LogP contribution < -0.4 is 9.44 Å². The summed E-state index contributed by atoms with van der Waals surface area (Å²) in [6, 6.07) is 15.4. The van der Waals surface area contributed by atoms with Crippen LogP contribution in [0.2, 0.25) is 0 Å². The van der Waals surface area contributed by atoms with Gasteiger partial charge in [0.1, 0.15) is 0 Å². The van der Waals surface area contributed by atoms with Gasteiger partial charge in [-0.15, -0.1) is 0 Å². The van der Waals surface area contributed by atoms with Crippen molar-refractivity contribution in [3.8, 4) is 23.0 Å². The Kier molecular flexibility index (Phi) is 7.47. The molecule has 1 heterocycles. The number of anilines is 2. The van der Waals surface area contributed by atoms with E-state index in [-0.39, 0.29) is 29.2 Å². The highest BCUT2D eigenvalue weighted by molar-refractivity contribution is 7.93. The van der Waals surface area contributed by atoms with E-state index in [2.05, 4.69) is 21.8 Å². The number of imidazole rings is 1. The van der Waals surface area contributed by atoms with Crippen molar-refractivity contribution < 1.29 is 43.2 Å². The van der Waals surface area contributed by atoms with E-state index in [0.29, 0.717) is 22.2 Å². The van der Waals surface area contributed by atoms with Gasteiger partial charge in [0.2, 0.25) is 0 Å². The van der Waals surface area contributed by atoms with E-state index in [4.69, 9.17) is 0 Å². The Balaban J connectivity index is 1.51. The van der Waals surface area contributed by atoms with Gasteiger partial charge in [0.05, 0.1) is 16.7 Å². The summed E-state index contributed by atoms with van der Waals surface area (Å²) in [5.74, 6) is 5.84. The molecule has 3 aromatic carbocycles. The highest BCUT2D eigenvalue weighted by Crippen LogP contribution is 2.33. The maximum absolute atomic E-state index is 12.9. The van der Waals surface area contributed by atoms with Crippen molar-refractivity contribution in [2.45, 2.75) is 17.4 Å². The van der Waals surface area contributed by atoms with E-state index < -0.39 is 31.1 Å². The number of benzene rings is 3. The number of hydrogen-bond acceptors (Lipinski definition) is 5. The Morgan fingerprint density at radius 1 is 0.800 bits per heavy atom. The minimum atomic E-state index is -5.63. The van der Waals surface area contributed by atoms with Crippen LogP contribution in [0.15, 0.2) is 66.7 Å². The van der Waals surface area contributed by atoms with Gasteiger partial charge in [-0.3, -0.25) is 9.44 Å². The number of sulfonamides is 2. The van der Waals surface area contributed by atoms with Crippen LogP contribution in [0, 0.1) is 11.8 Å². The van der Waals surface area contributed by atoms with E-state index in [0.717, 1.165) is 12.1 Å². The van der Waals surface area contributed by atoms with Crippen LogP contribution in [0.4, 0.5) is 37.7 Å². The lowest BCUT2D eigenvalue weighted by atomic mass is 10.0. The summed E-state index contributed by atoms with van der Waals surface area (Å²) in [7, 11) is -11.2. The fourth-order valence-electron chi connectivity index (χ4n) is 3.40. The number of rotatable bonds is 6. The van der Waals surface area contributed by atoms with Crippen molar-refractivity contribution >= 4 is 42.5 Å². The SMILES string of the molecule is O=S(=O)(Nc1ccc(CC#Cc2nc3ccc(-c4ccccc4NS(=O)(=O)C(F)(F)F)cc3[nH]2)cc1)C(F)(F)F. The standard InChI is InChI=1S/C24H16F6N4O4S2/c25-23(26,27)39(35,36)33-17-11-8-15(9-12-17)4-3-7-22-31-20-13-10-16(14-21(20)32-22)18-5-1-2-6-19(18)34-40(37,38)24(28,29)30/h1-2,5-6,8-14,33-34H,4H2,(H,31,32). The molecule has 1 aromatic heterocycles. The third kappa shape index (κ3) is 6.32. The van der Waals surface area contributed by atoms with E-state index >= 15 is 0 Å². The van der Waals surface area contributed by atoms with Crippen molar-refractivity contribution in [1.29, 1.82) is 0 Å². The maximum Gasteiger partial charge on any atom is 0.516 e. The molecule has 0 saturated carbocycles. The molecule has 0 unspecified atom stereocenters. The van der Waals surface area contributed by atoms with Gasteiger partial charge >= 0.3 is 31.1 Å². The van der Waals surface area contributed by atoms with Crippen LogP contribution in [0.25, 0.3) is 22.2 Å². The third-order valence-electron chi connectivity index (χ3n) is 5.28. The van der Waals surface area contributed by atoms with E-state index in [9.17, 15) is 43.2 Å². The summed E-state index contributed by atoms with van der Waals surface area (Å²) in [6.45, 7) is 0. The molecule has 0 aliphatic heterocycles. The average Bonchev–Trinajstić information content (AvgIpc) is 3.25. The first-order valence-electron chi connectivity index (χ1n) is 10.9. The number of nitrogens with zero attached hydrogens (tertiary/aromatic N) is 1. The molecule has 0 radical (unpaired) electrons. The third-order valence-corrected chi connectivity index (χ3v) is 7.49. The van der Waals surface area contributed by atoms with Crippen molar-refractivity contribution in [2.75, 3.05) is 9.44 Å². The molecule has 0 bridgehead atoms.